The Morgan fingerprint density at radius 2 is 2.10 bits per heavy atom. The van der Waals surface area contributed by atoms with Crippen molar-refractivity contribution in [2.75, 3.05) is 11.6 Å². The highest BCUT2D eigenvalue weighted by Gasteiger charge is 2.13. The molecule has 0 radical (unpaired) electrons. The highest BCUT2D eigenvalue weighted by molar-refractivity contribution is 6.42. The quantitative estimate of drug-likeness (QED) is 0.528. The molecule has 2 N–H and O–H groups in total. The lowest BCUT2D eigenvalue weighted by Crippen LogP contribution is -2.36. The Kier molecular flexibility index (Phi) is 4.62. The standard InChI is InChI=1S/C13H13Cl2N5O/c1-3-6-20(16)12-17-11(19(2)13(21)18-12)8-4-5-9(14)10(15)7-8/h3-5,7H,1,6,16H2,2H3. The first-order chi connectivity index (χ1) is 9.93. The number of hydrogen-bond acceptors (Lipinski definition) is 5. The van der Waals surface area contributed by atoms with Crippen LogP contribution in [0.3, 0.4) is 0 Å². The molecule has 0 aliphatic heterocycles. The minimum Gasteiger partial charge on any atom is -0.279 e. The maximum atomic E-state index is 11.9. The highest BCUT2D eigenvalue weighted by Crippen LogP contribution is 2.27. The number of hydrazine groups is 1. The number of aromatic nitrogens is 3. The molecular weight excluding hydrogens is 313 g/mol. The lowest BCUT2D eigenvalue weighted by Gasteiger charge is -2.16. The van der Waals surface area contributed by atoms with E-state index in [0.29, 0.717) is 28.0 Å². The van der Waals surface area contributed by atoms with Crippen molar-refractivity contribution in [1.29, 1.82) is 0 Å². The molecule has 0 spiro atoms. The van der Waals surface area contributed by atoms with Crippen molar-refractivity contribution >= 4 is 29.2 Å². The summed E-state index contributed by atoms with van der Waals surface area (Å²) in [5.74, 6) is 6.27. The Hall–Kier alpha value is -1.89. The van der Waals surface area contributed by atoms with Gasteiger partial charge in [0.2, 0.25) is 5.95 Å². The zero-order valence-electron chi connectivity index (χ0n) is 11.3. The smallest absolute Gasteiger partial charge is 0.279 e. The fraction of sp³-hybridized carbons (Fsp3) is 0.154. The average molecular weight is 326 g/mol. The molecule has 0 atom stereocenters. The average Bonchev–Trinajstić information content (AvgIpc) is 2.45. The monoisotopic (exact) mass is 325 g/mol. The molecule has 1 heterocycles. The Balaban J connectivity index is 2.59. The third-order valence-electron chi connectivity index (χ3n) is 2.77. The minimum atomic E-state index is -0.472. The Morgan fingerprint density at radius 1 is 1.38 bits per heavy atom. The molecule has 0 aliphatic rings. The number of hydrogen-bond donors (Lipinski definition) is 1. The molecule has 6 nitrogen and oxygen atoms in total. The van der Waals surface area contributed by atoms with Crippen molar-refractivity contribution in [3.8, 4) is 11.4 Å². The first kappa shape index (κ1) is 15.5. The van der Waals surface area contributed by atoms with E-state index >= 15 is 0 Å². The van der Waals surface area contributed by atoms with E-state index in [4.69, 9.17) is 29.0 Å². The van der Waals surface area contributed by atoms with E-state index in [1.165, 1.54) is 9.58 Å². The summed E-state index contributed by atoms with van der Waals surface area (Å²) in [5.41, 5.74) is 0.167. The second-order valence-electron chi connectivity index (χ2n) is 4.26. The van der Waals surface area contributed by atoms with Crippen LogP contribution in [0.1, 0.15) is 0 Å². The molecule has 0 saturated heterocycles. The first-order valence-electron chi connectivity index (χ1n) is 5.97. The fourth-order valence-corrected chi connectivity index (χ4v) is 1.99. The second kappa shape index (κ2) is 6.26. The Labute approximate surface area is 131 Å². The van der Waals surface area contributed by atoms with E-state index in [-0.39, 0.29) is 5.95 Å². The molecule has 0 amide bonds. The predicted octanol–water partition coefficient (Wildman–Crippen LogP) is 2.02. The van der Waals surface area contributed by atoms with Crippen LogP contribution in [0.25, 0.3) is 11.4 Å². The van der Waals surface area contributed by atoms with Gasteiger partial charge in [0.25, 0.3) is 0 Å². The zero-order valence-corrected chi connectivity index (χ0v) is 12.8. The van der Waals surface area contributed by atoms with Gasteiger partial charge in [0, 0.05) is 12.6 Å². The lowest BCUT2D eigenvalue weighted by atomic mass is 10.2. The van der Waals surface area contributed by atoms with Crippen LogP contribution in [-0.2, 0) is 7.05 Å². The largest absolute Gasteiger partial charge is 0.352 e. The molecule has 2 aromatic rings. The van der Waals surface area contributed by atoms with Gasteiger partial charge in [-0.25, -0.2) is 10.6 Å². The number of nitrogens with two attached hydrogens (primary N) is 1. The molecule has 0 aliphatic carbocycles. The van der Waals surface area contributed by atoms with Crippen LogP contribution >= 0.6 is 23.2 Å². The summed E-state index contributed by atoms with van der Waals surface area (Å²) < 4.78 is 1.31. The summed E-state index contributed by atoms with van der Waals surface area (Å²) in [5, 5.41) is 2.03. The van der Waals surface area contributed by atoms with E-state index in [2.05, 4.69) is 16.5 Å². The van der Waals surface area contributed by atoms with Gasteiger partial charge in [-0.05, 0) is 18.2 Å². The Bertz CT molecular complexity index is 744. The van der Waals surface area contributed by atoms with Crippen LogP contribution in [0.2, 0.25) is 10.0 Å². The van der Waals surface area contributed by atoms with Crippen molar-refractivity contribution in [3.05, 3.63) is 51.4 Å². The molecule has 0 fully saturated rings. The lowest BCUT2D eigenvalue weighted by molar-refractivity contribution is 0.756. The van der Waals surface area contributed by atoms with E-state index in [0.717, 1.165) is 0 Å². The van der Waals surface area contributed by atoms with Crippen molar-refractivity contribution < 1.29 is 0 Å². The van der Waals surface area contributed by atoms with E-state index < -0.39 is 5.69 Å². The first-order valence-corrected chi connectivity index (χ1v) is 6.73. The van der Waals surface area contributed by atoms with Gasteiger partial charge in [-0.1, -0.05) is 29.3 Å². The SMILES string of the molecule is C=CCN(N)c1nc(-c2ccc(Cl)c(Cl)c2)n(C)c(=O)n1. The van der Waals surface area contributed by atoms with Crippen LogP contribution in [0.4, 0.5) is 5.95 Å². The van der Waals surface area contributed by atoms with E-state index in [1.54, 1.807) is 31.3 Å². The third-order valence-corrected chi connectivity index (χ3v) is 3.51. The molecule has 1 aromatic carbocycles. The van der Waals surface area contributed by atoms with Gasteiger partial charge in [-0.3, -0.25) is 9.58 Å². The molecule has 8 heteroatoms. The maximum Gasteiger partial charge on any atom is 0.352 e. The summed E-state index contributed by atoms with van der Waals surface area (Å²) >= 11 is 11.9. The summed E-state index contributed by atoms with van der Waals surface area (Å²) in [4.78, 5) is 20.0. The molecule has 2 rings (SSSR count). The number of halogens is 2. The van der Waals surface area contributed by atoms with E-state index in [9.17, 15) is 4.79 Å². The molecule has 1 aromatic heterocycles. The van der Waals surface area contributed by atoms with Gasteiger partial charge < -0.3 is 0 Å². The van der Waals surface area contributed by atoms with Gasteiger partial charge >= 0.3 is 5.69 Å². The number of nitrogens with zero attached hydrogens (tertiary/aromatic N) is 4. The van der Waals surface area contributed by atoms with Gasteiger partial charge in [-0.2, -0.15) is 9.97 Å². The number of benzene rings is 1. The second-order valence-corrected chi connectivity index (χ2v) is 5.07. The number of anilines is 1. The normalized spacial score (nSPS) is 10.5. The summed E-state index contributed by atoms with van der Waals surface area (Å²) in [6, 6.07) is 4.98. The molecule has 0 bridgehead atoms. The van der Waals surface area contributed by atoms with Crippen molar-refractivity contribution in [3.63, 3.8) is 0 Å². The zero-order chi connectivity index (χ0) is 15.6. The van der Waals surface area contributed by atoms with Gasteiger partial charge in [0.05, 0.1) is 16.6 Å². The highest BCUT2D eigenvalue weighted by atomic mass is 35.5. The van der Waals surface area contributed by atoms with Gasteiger partial charge in [-0.15, -0.1) is 6.58 Å². The maximum absolute atomic E-state index is 11.9. The predicted molar refractivity (Wildman–Crippen MR) is 84.5 cm³/mol. The summed E-state index contributed by atoms with van der Waals surface area (Å²) in [6.45, 7) is 3.89. The molecular formula is C13H13Cl2N5O. The van der Waals surface area contributed by atoms with E-state index in [1.807, 2.05) is 0 Å². The molecule has 110 valence electrons. The van der Waals surface area contributed by atoms with Crippen LogP contribution in [-0.4, -0.2) is 21.1 Å². The number of rotatable bonds is 4. The van der Waals surface area contributed by atoms with Crippen LogP contribution in [0.5, 0.6) is 0 Å². The van der Waals surface area contributed by atoms with Gasteiger partial charge in [0.1, 0.15) is 5.82 Å². The fourth-order valence-electron chi connectivity index (χ4n) is 1.69. The van der Waals surface area contributed by atoms with Gasteiger partial charge in [0.15, 0.2) is 0 Å². The van der Waals surface area contributed by atoms with Crippen LogP contribution < -0.4 is 16.5 Å². The van der Waals surface area contributed by atoms with Crippen molar-refractivity contribution in [2.45, 2.75) is 0 Å². The molecule has 0 saturated carbocycles. The van der Waals surface area contributed by atoms with Crippen molar-refractivity contribution in [2.24, 2.45) is 12.9 Å². The minimum absolute atomic E-state index is 0.110. The summed E-state index contributed by atoms with van der Waals surface area (Å²) in [6.07, 6.45) is 1.58. The van der Waals surface area contributed by atoms with Crippen LogP contribution in [0.15, 0.2) is 35.6 Å². The summed E-state index contributed by atoms with van der Waals surface area (Å²) in [7, 11) is 1.57. The van der Waals surface area contributed by atoms with Crippen molar-refractivity contribution in [1.82, 2.24) is 14.5 Å². The molecule has 21 heavy (non-hydrogen) atoms. The Morgan fingerprint density at radius 3 is 2.71 bits per heavy atom. The van der Waals surface area contributed by atoms with Crippen LogP contribution in [0, 0.1) is 0 Å². The molecule has 0 unspecified atom stereocenters. The topological polar surface area (TPSA) is 77.0 Å². The third kappa shape index (κ3) is 3.24.